The van der Waals surface area contributed by atoms with Gasteiger partial charge in [-0.05, 0) is 61.6 Å². The van der Waals surface area contributed by atoms with Gasteiger partial charge in [0.15, 0.2) is 0 Å². The maximum Gasteiger partial charge on any atom is 0.241 e. The van der Waals surface area contributed by atoms with Crippen molar-refractivity contribution >= 4 is 11.6 Å². The molecule has 3 rings (SSSR count). The monoisotopic (exact) mass is 308 g/mol. The summed E-state index contributed by atoms with van der Waals surface area (Å²) in [4.78, 5) is 14.8. The highest BCUT2D eigenvalue weighted by atomic mass is 16.2. The van der Waals surface area contributed by atoms with E-state index in [1.807, 2.05) is 32.9 Å². The molecule has 3 nitrogen and oxygen atoms in total. The third-order valence-electron chi connectivity index (χ3n) is 4.58. The van der Waals surface area contributed by atoms with Crippen molar-refractivity contribution in [3.05, 3.63) is 64.7 Å². The number of nitrogens with zero attached hydrogens (tertiary/aromatic N) is 1. The van der Waals surface area contributed by atoms with E-state index in [4.69, 9.17) is 0 Å². The first-order chi connectivity index (χ1) is 11.0. The zero-order valence-electron chi connectivity index (χ0n) is 14.1. The molecule has 2 aromatic carbocycles. The largest absolute Gasteiger partial charge is 0.325 e. The van der Waals surface area contributed by atoms with Crippen molar-refractivity contribution in [3.8, 4) is 0 Å². The van der Waals surface area contributed by atoms with Gasteiger partial charge in [0.05, 0.1) is 6.04 Å². The summed E-state index contributed by atoms with van der Waals surface area (Å²) in [7, 11) is 0. The molecule has 0 aromatic heterocycles. The molecular weight excluding hydrogens is 284 g/mol. The van der Waals surface area contributed by atoms with E-state index < -0.39 is 0 Å². The van der Waals surface area contributed by atoms with Crippen LogP contribution < -0.4 is 5.32 Å². The van der Waals surface area contributed by atoms with Gasteiger partial charge in [-0.1, -0.05) is 30.3 Å². The molecule has 0 radical (unpaired) electrons. The summed E-state index contributed by atoms with van der Waals surface area (Å²) < 4.78 is 0. The van der Waals surface area contributed by atoms with Gasteiger partial charge < -0.3 is 5.32 Å². The van der Waals surface area contributed by atoms with Crippen molar-refractivity contribution in [3.63, 3.8) is 0 Å². The average molecular weight is 308 g/mol. The van der Waals surface area contributed by atoms with Gasteiger partial charge in [-0.3, -0.25) is 9.69 Å². The second kappa shape index (κ2) is 6.55. The molecule has 1 heterocycles. The number of carbonyl (C=O) groups excluding carboxylic acids is 1. The minimum absolute atomic E-state index is 0.0642. The van der Waals surface area contributed by atoms with E-state index in [9.17, 15) is 4.79 Å². The molecule has 0 aliphatic carbocycles. The van der Waals surface area contributed by atoms with Crippen molar-refractivity contribution in [2.45, 2.75) is 39.8 Å². The van der Waals surface area contributed by atoms with Crippen LogP contribution in [0.15, 0.2) is 42.5 Å². The quantitative estimate of drug-likeness (QED) is 0.938. The molecule has 1 atom stereocenters. The van der Waals surface area contributed by atoms with Crippen LogP contribution >= 0.6 is 0 Å². The molecule has 0 bridgehead atoms. The maximum atomic E-state index is 12.6. The van der Waals surface area contributed by atoms with Crippen LogP contribution in [0.5, 0.6) is 0 Å². The minimum Gasteiger partial charge on any atom is -0.325 e. The summed E-state index contributed by atoms with van der Waals surface area (Å²) in [6.45, 7) is 7.86. The van der Waals surface area contributed by atoms with Crippen LogP contribution in [-0.4, -0.2) is 23.4 Å². The number of hydrogen-bond acceptors (Lipinski definition) is 2. The maximum absolute atomic E-state index is 12.6. The van der Waals surface area contributed by atoms with Crippen LogP contribution in [0, 0.1) is 13.8 Å². The van der Waals surface area contributed by atoms with Gasteiger partial charge in [0, 0.05) is 18.8 Å². The fraction of sp³-hybridized carbons (Fsp3) is 0.350. The number of carbonyl (C=O) groups is 1. The van der Waals surface area contributed by atoms with Crippen LogP contribution in [-0.2, 0) is 17.8 Å². The molecule has 1 amide bonds. The Morgan fingerprint density at radius 1 is 1.09 bits per heavy atom. The van der Waals surface area contributed by atoms with Gasteiger partial charge in [-0.15, -0.1) is 0 Å². The molecule has 0 spiro atoms. The van der Waals surface area contributed by atoms with Gasteiger partial charge in [-0.2, -0.15) is 0 Å². The molecule has 3 heteroatoms. The van der Waals surface area contributed by atoms with E-state index in [1.165, 1.54) is 22.3 Å². The van der Waals surface area contributed by atoms with E-state index in [0.29, 0.717) is 0 Å². The highest BCUT2D eigenvalue weighted by Crippen LogP contribution is 2.21. The standard InChI is InChI=1S/C20H24N2O/c1-14-10-15(2)12-19(11-14)21-20(23)16(3)22-9-8-17-6-4-5-7-18(17)13-22/h4-7,10-12,16H,8-9,13H2,1-3H3,(H,21,23). The average Bonchev–Trinajstić information content (AvgIpc) is 2.52. The topological polar surface area (TPSA) is 32.3 Å². The zero-order chi connectivity index (χ0) is 16.4. The molecule has 2 aromatic rings. The predicted molar refractivity (Wildman–Crippen MR) is 94.6 cm³/mol. The van der Waals surface area contributed by atoms with Gasteiger partial charge in [-0.25, -0.2) is 0 Å². The summed E-state index contributed by atoms with van der Waals surface area (Å²) in [5.41, 5.74) is 5.96. The lowest BCUT2D eigenvalue weighted by Gasteiger charge is -2.32. The Bertz CT molecular complexity index is 703. The first-order valence-corrected chi connectivity index (χ1v) is 8.23. The summed E-state index contributed by atoms with van der Waals surface area (Å²) in [5.74, 6) is 0.0642. The van der Waals surface area contributed by atoms with E-state index in [1.54, 1.807) is 0 Å². The van der Waals surface area contributed by atoms with Gasteiger partial charge in [0.25, 0.3) is 0 Å². The SMILES string of the molecule is Cc1cc(C)cc(NC(=O)C(C)N2CCc3ccccc3C2)c1. The zero-order valence-corrected chi connectivity index (χ0v) is 14.1. The lowest BCUT2D eigenvalue weighted by atomic mass is 9.98. The normalized spacial score (nSPS) is 15.8. The van der Waals surface area contributed by atoms with Gasteiger partial charge in [0.2, 0.25) is 5.91 Å². The Balaban J connectivity index is 1.68. The third kappa shape index (κ3) is 3.62. The highest BCUT2D eigenvalue weighted by Gasteiger charge is 2.25. The Morgan fingerprint density at radius 3 is 2.43 bits per heavy atom. The number of amides is 1. The number of anilines is 1. The van der Waals surface area contributed by atoms with Crippen molar-refractivity contribution in [1.29, 1.82) is 0 Å². The smallest absolute Gasteiger partial charge is 0.241 e. The first-order valence-electron chi connectivity index (χ1n) is 8.23. The summed E-state index contributed by atoms with van der Waals surface area (Å²) >= 11 is 0. The molecule has 1 aliphatic heterocycles. The van der Waals surface area contributed by atoms with Crippen LogP contribution in [0.1, 0.15) is 29.2 Å². The Kier molecular flexibility index (Phi) is 4.49. The second-order valence-corrected chi connectivity index (χ2v) is 6.53. The third-order valence-corrected chi connectivity index (χ3v) is 4.58. The molecular formula is C20H24N2O. The molecule has 1 N–H and O–H groups in total. The lowest BCUT2D eigenvalue weighted by molar-refractivity contribution is -0.121. The number of hydrogen-bond donors (Lipinski definition) is 1. The van der Waals surface area contributed by atoms with Crippen LogP contribution in [0.2, 0.25) is 0 Å². The number of benzene rings is 2. The van der Waals surface area contributed by atoms with Gasteiger partial charge >= 0.3 is 0 Å². The van der Waals surface area contributed by atoms with Crippen molar-refractivity contribution in [2.24, 2.45) is 0 Å². The Labute approximate surface area is 138 Å². The molecule has 0 saturated heterocycles. The summed E-state index contributed by atoms with van der Waals surface area (Å²) in [5, 5.41) is 3.06. The molecule has 23 heavy (non-hydrogen) atoms. The van der Waals surface area contributed by atoms with Crippen molar-refractivity contribution < 1.29 is 4.79 Å². The predicted octanol–water partition coefficient (Wildman–Crippen LogP) is 3.69. The minimum atomic E-state index is -0.135. The van der Waals surface area contributed by atoms with Crippen LogP contribution in [0.25, 0.3) is 0 Å². The molecule has 120 valence electrons. The molecule has 0 fully saturated rings. The first kappa shape index (κ1) is 15.8. The number of fused-ring (bicyclic) bond motifs is 1. The van der Waals surface area contributed by atoms with E-state index in [2.05, 4.69) is 40.5 Å². The Morgan fingerprint density at radius 2 is 1.74 bits per heavy atom. The number of nitrogens with one attached hydrogen (secondary N) is 1. The summed E-state index contributed by atoms with van der Waals surface area (Å²) in [6, 6.07) is 14.5. The Hall–Kier alpha value is -2.13. The highest BCUT2D eigenvalue weighted by molar-refractivity contribution is 5.94. The lowest BCUT2D eigenvalue weighted by Crippen LogP contribution is -2.44. The molecule has 0 saturated carbocycles. The number of aryl methyl sites for hydroxylation is 2. The van der Waals surface area contributed by atoms with E-state index in [-0.39, 0.29) is 11.9 Å². The van der Waals surface area contributed by atoms with Crippen molar-refractivity contribution in [2.75, 3.05) is 11.9 Å². The van der Waals surface area contributed by atoms with E-state index >= 15 is 0 Å². The molecule has 1 unspecified atom stereocenters. The van der Waals surface area contributed by atoms with Crippen LogP contribution in [0.4, 0.5) is 5.69 Å². The number of rotatable bonds is 3. The van der Waals surface area contributed by atoms with Crippen molar-refractivity contribution in [1.82, 2.24) is 4.90 Å². The van der Waals surface area contributed by atoms with Gasteiger partial charge in [0.1, 0.15) is 0 Å². The van der Waals surface area contributed by atoms with Crippen LogP contribution in [0.3, 0.4) is 0 Å². The summed E-state index contributed by atoms with van der Waals surface area (Å²) in [6.07, 6.45) is 1.01. The second-order valence-electron chi connectivity index (χ2n) is 6.53. The fourth-order valence-electron chi connectivity index (χ4n) is 3.31. The van der Waals surface area contributed by atoms with E-state index in [0.717, 1.165) is 25.2 Å². The molecule has 1 aliphatic rings. The fourth-order valence-corrected chi connectivity index (χ4v) is 3.31.